The Labute approximate surface area is 111 Å². The molecule has 0 radical (unpaired) electrons. The summed E-state index contributed by atoms with van der Waals surface area (Å²) >= 11 is 0. The molecular weight excluding hydrogens is 242 g/mol. The first-order valence-corrected chi connectivity index (χ1v) is 6.06. The third-order valence-electron chi connectivity index (χ3n) is 2.50. The third kappa shape index (κ3) is 3.40. The summed E-state index contributed by atoms with van der Waals surface area (Å²) in [5.41, 5.74) is 6.91. The van der Waals surface area contributed by atoms with Gasteiger partial charge in [0.15, 0.2) is 0 Å². The quantitative estimate of drug-likeness (QED) is 0.835. The van der Waals surface area contributed by atoms with E-state index < -0.39 is 5.60 Å². The van der Waals surface area contributed by atoms with Crippen LogP contribution >= 0.6 is 0 Å². The highest BCUT2D eigenvalue weighted by Crippen LogP contribution is 2.19. The second-order valence-corrected chi connectivity index (χ2v) is 5.37. The number of nitrogen functional groups attached to an aromatic ring is 1. The van der Waals surface area contributed by atoms with E-state index in [4.69, 9.17) is 10.5 Å². The van der Waals surface area contributed by atoms with Crippen molar-refractivity contribution in [3.63, 3.8) is 0 Å². The molecule has 0 aliphatic rings. The van der Waals surface area contributed by atoms with E-state index in [0.717, 1.165) is 16.5 Å². The smallest absolute Gasteiger partial charge is 0.310 e. The molecule has 5 nitrogen and oxygen atoms in total. The standard InChI is InChI=1S/C14H17N3O2/c1-14(2,3)19-12(18)7-9-4-5-11-10(6-9)13(15)17-8-16-11/h4-6,8H,7H2,1-3H3,(H2,15,16,17). The maximum Gasteiger partial charge on any atom is 0.310 e. The maximum absolute atomic E-state index is 11.8. The van der Waals surface area contributed by atoms with Crippen molar-refractivity contribution >= 4 is 22.7 Å². The summed E-state index contributed by atoms with van der Waals surface area (Å²) in [5, 5.41) is 0.753. The van der Waals surface area contributed by atoms with Crippen molar-refractivity contribution in [1.29, 1.82) is 0 Å². The van der Waals surface area contributed by atoms with E-state index in [0.29, 0.717) is 5.82 Å². The molecule has 0 aliphatic carbocycles. The summed E-state index contributed by atoms with van der Waals surface area (Å²) < 4.78 is 5.28. The molecule has 19 heavy (non-hydrogen) atoms. The van der Waals surface area contributed by atoms with E-state index in [9.17, 15) is 4.79 Å². The number of esters is 1. The Morgan fingerprint density at radius 2 is 2.05 bits per heavy atom. The Bertz CT molecular complexity index is 618. The largest absolute Gasteiger partial charge is 0.460 e. The van der Waals surface area contributed by atoms with Crippen molar-refractivity contribution in [1.82, 2.24) is 9.97 Å². The number of nitrogens with two attached hydrogens (primary N) is 1. The topological polar surface area (TPSA) is 78.1 Å². The lowest BCUT2D eigenvalue weighted by Crippen LogP contribution is -2.24. The predicted molar refractivity (Wildman–Crippen MR) is 73.5 cm³/mol. The summed E-state index contributed by atoms with van der Waals surface area (Å²) in [4.78, 5) is 19.8. The number of rotatable bonds is 2. The molecule has 100 valence electrons. The lowest BCUT2D eigenvalue weighted by atomic mass is 10.1. The molecule has 2 aromatic rings. The van der Waals surface area contributed by atoms with Gasteiger partial charge in [0.25, 0.3) is 0 Å². The van der Waals surface area contributed by atoms with Crippen LogP contribution in [0.25, 0.3) is 10.9 Å². The van der Waals surface area contributed by atoms with Crippen molar-refractivity contribution in [3.05, 3.63) is 30.1 Å². The van der Waals surface area contributed by atoms with Crippen LogP contribution in [-0.2, 0) is 16.0 Å². The zero-order valence-corrected chi connectivity index (χ0v) is 11.3. The van der Waals surface area contributed by atoms with Gasteiger partial charge in [-0.1, -0.05) is 6.07 Å². The fourth-order valence-corrected chi connectivity index (χ4v) is 1.78. The number of carbonyl (C=O) groups is 1. The number of ether oxygens (including phenoxy) is 1. The maximum atomic E-state index is 11.8. The van der Waals surface area contributed by atoms with Crippen molar-refractivity contribution in [2.75, 3.05) is 5.73 Å². The molecule has 0 aliphatic heterocycles. The van der Waals surface area contributed by atoms with Gasteiger partial charge in [-0.05, 0) is 38.5 Å². The van der Waals surface area contributed by atoms with E-state index in [1.54, 1.807) is 0 Å². The monoisotopic (exact) mass is 259 g/mol. The molecular formula is C14H17N3O2. The summed E-state index contributed by atoms with van der Waals surface area (Å²) in [6.45, 7) is 5.53. The van der Waals surface area contributed by atoms with Crippen molar-refractivity contribution < 1.29 is 9.53 Å². The van der Waals surface area contributed by atoms with Gasteiger partial charge in [0.05, 0.1) is 11.9 Å². The number of anilines is 1. The van der Waals surface area contributed by atoms with Crippen LogP contribution in [0.4, 0.5) is 5.82 Å². The fraction of sp³-hybridized carbons (Fsp3) is 0.357. The first-order valence-electron chi connectivity index (χ1n) is 6.06. The Kier molecular flexibility index (Phi) is 3.38. The average molecular weight is 259 g/mol. The summed E-state index contributed by atoms with van der Waals surface area (Å²) in [6, 6.07) is 5.50. The summed E-state index contributed by atoms with van der Waals surface area (Å²) in [7, 11) is 0. The number of hydrogen-bond acceptors (Lipinski definition) is 5. The highest BCUT2D eigenvalue weighted by molar-refractivity contribution is 5.89. The van der Waals surface area contributed by atoms with Crippen molar-refractivity contribution in [3.8, 4) is 0 Å². The molecule has 0 bridgehead atoms. The van der Waals surface area contributed by atoms with Gasteiger partial charge in [-0.2, -0.15) is 0 Å². The highest BCUT2D eigenvalue weighted by atomic mass is 16.6. The number of benzene rings is 1. The molecule has 2 rings (SSSR count). The van der Waals surface area contributed by atoms with Crippen LogP contribution in [0.5, 0.6) is 0 Å². The Balaban J connectivity index is 2.22. The number of nitrogens with zero attached hydrogens (tertiary/aromatic N) is 2. The van der Waals surface area contributed by atoms with Crippen LogP contribution < -0.4 is 5.73 Å². The highest BCUT2D eigenvalue weighted by Gasteiger charge is 2.16. The van der Waals surface area contributed by atoms with Gasteiger partial charge in [0, 0.05) is 5.39 Å². The van der Waals surface area contributed by atoms with Gasteiger partial charge >= 0.3 is 5.97 Å². The van der Waals surface area contributed by atoms with Crippen LogP contribution in [0.15, 0.2) is 24.5 Å². The Hall–Kier alpha value is -2.17. The zero-order valence-electron chi connectivity index (χ0n) is 11.3. The second-order valence-electron chi connectivity index (χ2n) is 5.37. The molecule has 0 unspecified atom stereocenters. The normalized spacial score (nSPS) is 11.5. The van der Waals surface area contributed by atoms with Gasteiger partial charge in [0.2, 0.25) is 0 Å². The van der Waals surface area contributed by atoms with Gasteiger partial charge in [-0.15, -0.1) is 0 Å². The Morgan fingerprint density at radius 3 is 2.74 bits per heavy atom. The van der Waals surface area contributed by atoms with Crippen molar-refractivity contribution in [2.45, 2.75) is 32.8 Å². The van der Waals surface area contributed by atoms with Gasteiger partial charge in [-0.25, -0.2) is 9.97 Å². The Morgan fingerprint density at radius 1 is 1.32 bits per heavy atom. The van der Waals surface area contributed by atoms with Crippen LogP contribution in [-0.4, -0.2) is 21.5 Å². The molecule has 0 spiro atoms. The van der Waals surface area contributed by atoms with E-state index in [-0.39, 0.29) is 12.4 Å². The number of hydrogen-bond donors (Lipinski definition) is 1. The minimum atomic E-state index is -0.476. The lowest BCUT2D eigenvalue weighted by Gasteiger charge is -2.19. The molecule has 0 fully saturated rings. The number of carbonyl (C=O) groups excluding carboxylic acids is 1. The zero-order chi connectivity index (χ0) is 14.0. The molecule has 1 aromatic heterocycles. The van der Waals surface area contributed by atoms with Crippen LogP contribution in [0.3, 0.4) is 0 Å². The first-order chi connectivity index (χ1) is 8.85. The van der Waals surface area contributed by atoms with E-state index in [1.165, 1.54) is 6.33 Å². The number of aromatic nitrogens is 2. The molecule has 0 amide bonds. The molecule has 0 saturated heterocycles. The van der Waals surface area contributed by atoms with Gasteiger partial charge in [0.1, 0.15) is 17.7 Å². The lowest BCUT2D eigenvalue weighted by molar-refractivity contribution is -0.153. The SMILES string of the molecule is CC(C)(C)OC(=O)Cc1ccc2ncnc(N)c2c1. The van der Waals surface area contributed by atoms with E-state index in [2.05, 4.69) is 9.97 Å². The van der Waals surface area contributed by atoms with Crippen LogP contribution in [0.1, 0.15) is 26.3 Å². The first kappa shape index (κ1) is 13.3. The van der Waals surface area contributed by atoms with E-state index >= 15 is 0 Å². The minimum absolute atomic E-state index is 0.210. The predicted octanol–water partition coefficient (Wildman–Crippen LogP) is 2.10. The molecule has 1 heterocycles. The summed E-state index contributed by atoms with van der Waals surface area (Å²) in [5.74, 6) is 0.151. The fourth-order valence-electron chi connectivity index (χ4n) is 1.78. The average Bonchev–Trinajstić information content (AvgIpc) is 2.27. The van der Waals surface area contributed by atoms with E-state index in [1.807, 2.05) is 39.0 Å². The molecule has 2 N–H and O–H groups in total. The van der Waals surface area contributed by atoms with Crippen LogP contribution in [0.2, 0.25) is 0 Å². The number of fused-ring (bicyclic) bond motifs is 1. The molecule has 5 heteroatoms. The van der Waals surface area contributed by atoms with Crippen molar-refractivity contribution in [2.24, 2.45) is 0 Å². The third-order valence-corrected chi connectivity index (χ3v) is 2.50. The molecule has 0 atom stereocenters. The van der Waals surface area contributed by atoms with Gasteiger partial charge < -0.3 is 10.5 Å². The van der Waals surface area contributed by atoms with Crippen LogP contribution in [0, 0.1) is 0 Å². The summed E-state index contributed by atoms with van der Waals surface area (Å²) in [6.07, 6.45) is 1.63. The second kappa shape index (κ2) is 4.84. The molecule has 1 aromatic carbocycles. The van der Waals surface area contributed by atoms with Gasteiger partial charge in [-0.3, -0.25) is 4.79 Å². The molecule has 0 saturated carbocycles. The minimum Gasteiger partial charge on any atom is -0.460 e.